The van der Waals surface area contributed by atoms with Gasteiger partial charge in [0.05, 0.1) is 44.6 Å². The highest BCUT2D eigenvalue weighted by atomic mass is 16.5. The summed E-state index contributed by atoms with van der Waals surface area (Å²) < 4.78 is 16.3. The first-order valence-electron chi connectivity index (χ1n) is 13.8. The number of hydrogen-bond donors (Lipinski definition) is 3. The van der Waals surface area contributed by atoms with Crippen LogP contribution in [0.25, 0.3) is 0 Å². The maximum Gasteiger partial charge on any atom is 0.274 e. The molecular formula is C31H40N6O4. The normalized spacial score (nSPS) is 13.3. The van der Waals surface area contributed by atoms with Gasteiger partial charge in [0.2, 0.25) is 0 Å². The fourth-order valence-corrected chi connectivity index (χ4v) is 4.60. The number of carbonyl (C=O) groups excluding carboxylic acids is 1. The highest BCUT2D eigenvalue weighted by Crippen LogP contribution is 2.30. The zero-order chi connectivity index (χ0) is 29.0. The second-order valence-corrected chi connectivity index (χ2v) is 9.82. The molecule has 0 saturated carbocycles. The van der Waals surface area contributed by atoms with Gasteiger partial charge in [0, 0.05) is 44.1 Å². The molecule has 0 radical (unpaired) electrons. The molecule has 2 heterocycles. The van der Waals surface area contributed by atoms with E-state index < -0.39 is 0 Å². The predicted octanol–water partition coefficient (Wildman–Crippen LogP) is 4.43. The van der Waals surface area contributed by atoms with Crippen molar-refractivity contribution in [3.8, 4) is 11.5 Å². The zero-order valence-electron chi connectivity index (χ0n) is 23.9. The molecule has 41 heavy (non-hydrogen) atoms. The van der Waals surface area contributed by atoms with Gasteiger partial charge in [-0.15, -0.1) is 0 Å². The Kier molecular flexibility index (Phi) is 10.8. The van der Waals surface area contributed by atoms with E-state index in [0.29, 0.717) is 35.1 Å². The molecule has 218 valence electrons. The fourth-order valence-electron chi connectivity index (χ4n) is 4.60. The third-order valence-corrected chi connectivity index (χ3v) is 6.95. The van der Waals surface area contributed by atoms with Crippen LogP contribution >= 0.6 is 0 Å². The monoisotopic (exact) mass is 560 g/mol. The lowest BCUT2D eigenvalue weighted by atomic mass is 10.2. The first-order chi connectivity index (χ1) is 20.0. The lowest BCUT2D eigenvalue weighted by Crippen LogP contribution is -2.37. The minimum absolute atomic E-state index is 0.311. The number of benzene rings is 2. The SMILES string of the molecule is C=C(Nc1ccc(OC)c(OC)c1)N(CCCCN1CCOCC1)Cc1ccc(C(=O)Nc2ccccc2N)nc1. The summed E-state index contributed by atoms with van der Waals surface area (Å²) in [5.74, 6) is 1.74. The van der Waals surface area contributed by atoms with Crippen LogP contribution < -0.4 is 25.8 Å². The smallest absolute Gasteiger partial charge is 0.274 e. The molecule has 0 spiro atoms. The van der Waals surface area contributed by atoms with E-state index in [1.54, 1.807) is 38.6 Å². The van der Waals surface area contributed by atoms with E-state index in [2.05, 4.69) is 32.0 Å². The number of nitrogens with two attached hydrogens (primary N) is 1. The molecular weight excluding hydrogens is 520 g/mol. The summed E-state index contributed by atoms with van der Waals surface area (Å²) in [5, 5.41) is 6.23. The second kappa shape index (κ2) is 14.9. The number of anilines is 3. The molecule has 1 fully saturated rings. The van der Waals surface area contributed by atoms with Gasteiger partial charge in [0.15, 0.2) is 11.5 Å². The number of nitrogen functional groups attached to an aromatic ring is 1. The van der Waals surface area contributed by atoms with Crippen molar-refractivity contribution < 1.29 is 19.0 Å². The average molecular weight is 561 g/mol. The van der Waals surface area contributed by atoms with Crippen molar-refractivity contribution in [3.63, 3.8) is 0 Å². The minimum atomic E-state index is -0.311. The summed E-state index contributed by atoms with van der Waals surface area (Å²) in [7, 11) is 3.23. The van der Waals surface area contributed by atoms with Crippen LogP contribution in [-0.4, -0.2) is 74.3 Å². The number of rotatable bonds is 14. The third-order valence-electron chi connectivity index (χ3n) is 6.95. The molecule has 4 N–H and O–H groups in total. The highest BCUT2D eigenvalue weighted by molar-refractivity contribution is 6.04. The Morgan fingerprint density at radius 1 is 1.05 bits per heavy atom. The van der Waals surface area contributed by atoms with E-state index in [4.69, 9.17) is 19.9 Å². The van der Waals surface area contributed by atoms with Crippen LogP contribution in [0.1, 0.15) is 28.9 Å². The third kappa shape index (κ3) is 8.60. The van der Waals surface area contributed by atoms with Crippen LogP contribution in [0.2, 0.25) is 0 Å². The quantitative estimate of drug-likeness (QED) is 0.195. The molecule has 4 rings (SSSR count). The standard InChI is InChI=1S/C31H40N6O4/c1-23(34-25-11-13-29(39-2)30(20-25)40-3)37(15-7-6-14-36-16-18-41-19-17-36)22-24-10-12-28(33-21-24)31(38)35-27-9-5-4-8-26(27)32/h4-5,8-13,20-21,34H,1,6-7,14-19,22,32H2,2-3H3,(H,35,38). The maximum atomic E-state index is 12.7. The number of nitrogens with one attached hydrogen (secondary N) is 2. The fraction of sp³-hybridized carbons (Fsp3) is 0.355. The number of aromatic nitrogens is 1. The summed E-state index contributed by atoms with van der Waals surface area (Å²) >= 11 is 0. The highest BCUT2D eigenvalue weighted by Gasteiger charge is 2.15. The number of nitrogens with zero attached hydrogens (tertiary/aromatic N) is 3. The number of carbonyl (C=O) groups is 1. The van der Waals surface area contributed by atoms with Gasteiger partial charge in [-0.3, -0.25) is 14.7 Å². The van der Waals surface area contributed by atoms with Crippen LogP contribution in [0, 0.1) is 0 Å². The van der Waals surface area contributed by atoms with E-state index in [-0.39, 0.29) is 5.91 Å². The Balaban J connectivity index is 1.41. The number of ether oxygens (including phenoxy) is 3. The molecule has 1 aliphatic rings. The van der Waals surface area contributed by atoms with Crippen LogP contribution in [0.3, 0.4) is 0 Å². The summed E-state index contributed by atoms with van der Waals surface area (Å²) in [4.78, 5) is 21.8. The van der Waals surface area contributed by atoms with Crippen molar-refractivity contribution in [3.05, 3.63) is 84.5 Å². The van der Waals surface area contributed by atoms with Crippen LogP contribution in [0.4, 0.5) is 17.1 Å². The zero-order valence-corrected chi connectivity index (χ0v) is 23.9. The molecule has 0 unspecified atom stereocenters. The number of unbranched alkanes of at least 4 members (excludes halogenated alkanes) is 1. The van der Waals surface area contributed by atoms with Gasteiger partial charge < -0.3 is 35.5 Å². The van der Waals surface area contributed by atoms with Gasteiger partial charge in [0.25, 0.3) is 5.91 Å². The first-order valence-corrected chi connectivity index (χ1v) is 13.8. The summed E-state index contributed by atoms with van der Waals surface area (Å²) in [6, 6.07) is 16.5. The molecule has 0 bridgehead atoms. The maximum absolute atomic E-state index is 12.7. The lowest BCUT2D eigenvalue weighted by molar-refractivity contribution is 0.0369. The van der Waals surface area contributed by atoms with E-state index in [1.807, 2.05) is 36.4 Å². The van der Waals surface area contributed by atoms with Gasteiger partial charge in [0.1, 0.15) is 5.69 Å². The van der Waals surface area contributed by atoms with Gasteiger partial charge in [-0.2, -0.15) is 0 Å². The number of para-hydroxylation sites is 2. The van der Waals surface area contributed by atoms with E-state index >= 15 is 0 Å². The average Bonchev–Trinajstić information content (AvgIpc) is 3.00. The van der Waals surface area contributed by atoms with Crippen LogP contribution in [-0.2, 0) is 11.3 Å². The van der Waals surface area contributed by atoms with Crippen molar-refractivity contribution in [2.75, 3.05) is 70.0 Å². The van der Waals surface area contributed by atoms with E-state index in [0.717, 1.165) is 69.3 Å². The Morgan fingerprint density at radius 3 is 2.54 bits per heavy atom. The van der Waals surface area contributed by atoms with Crippen molar-refractivity contribution in [1.82, 2.24) is 14.8 Å². The molecule has 10 nitrogen and oxygen atoms in total. The van der Waals surface area contributed by atoms with Crippen LogP contribution in [0.15, 0.2) is 73.2 Å². The molecule has 0 aliphatic carbocycles. The predicted molar refractivity (Wildman–Crippen MR) is 162 cm³/mol. The summed E-state index contributed by atoms with van der Waals surface area (Å²) in [6.45, 7) is 10.3. The minimum Gasteiger partial charge on any atom is -0.493 e. The molecule has 0 atom stereocenters. The lowest BCUT2D eigenvalue weighted by Gasteiger charge is -2.29. The largest absolute Gasteiger partial charge is 0.493 e. The topological polar surface area (TPSA) is 114 Å². The van der Waals surface area contributed by atoms with Gasteiger partial charge in [-0.25, -0.2) is 0 Å². The molecule has 1 saturated heterocycles. The Hall–Kier alpha value is -4.28. The molecule has 2 aromatic carbocycles. The van der Waals surface area contributed by atoms with E-state index in [1.165, 1.54) is 0 Å². The molecule has 3 aromatic rings. The van der Waals surface area contributed by atoms with Crippen molar-refractivity contribution in [1.29, 1.82) is 0 Å². The Labute approximate surface area is 242 Å². The second-order valence-electron chi connectivity index (χ2n) is 9.82. The Morgan fingerprint density at radius 2 is 1.83 bits per heavy atom. The summed E-state index contributed by atoms with van der Waals surface area (Å²) in [5.41, 5.74) is 9.14. The number of morpholine rings is 1. The number of amides is 1. The Bertz CT molecular complexity index is 1290. The van der Waals surface area contributed by atoms with Gasteiger partial charge in [-0.1, -0.05) is 24.8 Å². The molecule has 1 aromatic heterocycles. The first kappa shape index (κ1) is 29.7. The molecule has 1 amide bonds. The van der Waals surface area contributed by atoms with Gasteiger partial charge >= 0.3 is 0 Å². The van der Waals surface area contributed by atoms with Crippen LogP contribution in [0.5, 0.6) is 11.5 Å². The molecule has 1 aliphatic heterocycles. The van der Waals surface area contributed by atoms with E-state index in [9.17, 15) is 4.79 Å². The van der Waals surface area contributed by atoms with Crippen molar-refractivity contribution in [2.24, 2.45) is 0 Å². The number of methoxy groups -OCH3 is 2. The number of pyridine rings is 1. The number of hydrogen-bond acceptors (Lipinski definition) is 9. The van der Waals surface area contributed by atoms with Gasteiger partial charge in [-0.05, 0) is 55.3 Å². The van der Waals surface area contributed by atoms with Crippen molar-refractivity contribution >= 4 is 23.0 Å². The van der Waals surface area contributed by atoms with Crippen molar-refractivity contribution in [2.45, 2.75) is 19.4 Å². The molecule has 10 heteroatoms. The summed E-state index contributed by atoms with van der Waals surface area (Å²) in [6.07, 6.45) is 3.80.